The Morgan fingerprint density at radius 3 is 2.52 bits per heavy atom. The van der Waals surface area contributed by atoms with Gasteiger partial charge in [0, 0.05) is 27.2 Å². The van der Waals surface area contributed by atoms with Gasteiger partial charge in [0.05, 0.1) is 31.1 Å². The standard InChI is InChI=1S/C21H26N6O4/c1-24(2)20(29)25-10-8-21(30,9-11-25)13-26-14-22-18-17(19(26)28)12-23-27(18)15-4-6-16(31-3)7-5-15/h4-7,12,14,30H,8-11,13H2,1-3H3. The van der Waals surface area contributed by atoms with Crippen molar-refractivity contribution in [3.8, 4) is 11.4 Å². The molecule has 1 aliphatic heterocycles. The third-order valence-electron chi connectivity index (χ3n) is 5.68. The van der Waals surface area contributed by atoms with Crippen LogP contribution in [0, 0.1) is 0 Å². The predicted molar refractivity (Wildman–Crippen MR) is 115 cm³/mol. The Kier molecular flexibility index (Phi) is 5.40. The first-order chi connectivity index (χ1) is 14.8. The maximum atomic E-state index is 13.0. The molecule has 1 saturated heterocycles. The summed E-state index contributed by atoms with van der Waals surface area (Å²) in [7, 11) is 5.01. The largest absolute Gasteiger partial charge is 0.497 e. The molecule has 2 amide bonds. The number of piperidine rings is 1. The van der Waals surface area contributed by atoms with Crippen molar-refractivity contribution >= 4 is 17.1 Å². The zero-order chi connectivity index (χ0) is 22.2. The number of methoxy groups -OCH3 is 1. The fraction of sp³-hybridized carbons (Fsp3) is 0.429. The number of rotatable bonds is 4. The summed E-state index contributed by atoms with van der Waals surface area (Å²) in [5, 5.41) is 15.7. The van der Waals surface area contributed by atoms with Gasteiger partial charge in [0.1, 0.15) is 17.5 Å². The van der Waals surface area contributed by atoms with Gasteiger partial charge < -0.3 is 19.6 Å². The smallest absolute Gasteiger partial charge is 0.319 e. The molecule has 1 fully saturated rings. The van der Waals surface area contributed by atoms with Crippen molar-refractivity contribution in [1.82, 2.24) is 29.1 Å². The van der Waals surface area contributed by atoms with E-state index in [1.54, 1.807) is 30.8 Å². The molecule has 3 heterocycles. The second-order valence-corrected chi connectivity index (χ2v) is 8.06. The Labute approximate surface area is 179 Å². The molecule has 0 aliphatic carbocycles. The second-order valence-electron chi connectivity index (χ2n) is 8.06. The lowest BCUT2D eigenvalue weighted by Gasteiger charge is -2.39. The summed E-state index contributed by atoms with van der Waals surface area (Å²) in [5.74, 6) is 0.724. The van der Waals surface area contributed by atoms with Gasteiger partial charge >= 0.3 is 6.03 Å². The minimum Gasteiger partial charge on any atom is -0.497 e. The summed E-state index contributed by atoms with van der Waals surface area (Å²) < 4.78 is 8.20. The minimum atomic E-state index is -1.08. The molecule has 4 rings (SSSR count). The monoisotopic (exact) mass is 426 g/mol. The molecule has 0 saturated carbocycles. The highest BCUT2D eigenvalue weighted by molar-refractivity contribution is 5.75. The number of hydrogen-bond donors (Lipinski definition) is 1. The van der Waals surface area contributed by atoms with Gasteiger partial charge in [0.15, 0.2) is 5.65 Å². The van der Waals surface area contributed by atoms with Crippen LogP contribution in [0.5, 0.6) is 5.75 Å². The van der Waals surface area contributed by atoms with Gasteiger partial charge in [0.2, 0.25) is 0 Å². The maximum Gasteiger partial charge on any atom is 0.319 e. The topological polar surface area (TPSA) is 106 Å². The van der Waals surface area contributed by atoms with Crippen LogP contribution in [0.1, 0.15) is 12.8 Å². The number of benzene rings is 1. The fourth-order valence-corrected chi connectivity index (χ4v) is 3.85. The third kappa shape index (κ3) is 3.98. The number of amides is 2. The number of aromatic nitrogens is 4. The van der Waals surface area contributed by atoms with Gasteiger partial charge in [-0.05, 0) is 37.1 Å². The number of aliphatic hydroxyl groups is 1. The molecular weight excluding hydrogens is 400 g/mol. The molecule has 0 atom stereocenters. The van der Waals surface area contributed by atoms with Crippen LogP contribution in [0.4, 0.5) is 4.79 Å². The van der Waals surface area contributed by atoms with Crippen LogP contribution >= 0.6 is 0 Å². The van der Waals surface area contributed by atoms with E-state index in [2.05, 4.69) is 10.1 Å². The lowest BCUT2D eigenvalue weighted by Crippen LogP contribution is -2.51. The van der Waals surface area contributed by atoms with Crippen LogP contribution in [0.15, 0.2) is 41.6 Å². The normalized spacial score (nSPS) is 15.8. The SMILES string of the molecule is COc1ccc(-n2ncc3c(=O)n(CC4(O)CCN(C(=O)N(C)C)CC4)cnc32)cc1. The van der Waals surface area contributed by atoms with Crippen LogP contribution in [-0.2, 0) is 6.54 Å². The molecule has 0 bridgehead atoms. The predicted octanol–water partition coefficient (Wildman–Crippen LogP) is 1.10. The Morgan fingerprint density at radius 1 is 1.23 bits per heavy atom. The van der Waals surface area contributed by atoms with Gasteiger partial charge in [-0.3, -0.25) is 9.36 Å². The van der Waals surface area contributed by atoms with Crippen molar-refractivity contribution in [1.29, 1.82) is 0 Å². The highest BCUT2D eigenvalue weighted by Crippen LogP contribution is 2.25. The molecule has 3 aromatic rings. The first-order valence-corrected chi connectivity index (χ1v) is 10.1. The second kappa shape index (κ2) is 8.03. The van der Waals surface area contributed by atoms with E-state index in [0.717, 1.165) is 11.4 Å². The van der Waals surface area contributed by atoms with Crippen LogP contribution in [0.2, 0.25) is 0 Å². The number of carbonyl (C=O) groups is 1. The Balaban J connectivity index is 1.55. The average molecular weight is 426 g/mol. The fourth-order valence-electron chi connectivity index (χ4n) is 3.85. The highest BCUT2D eigenvalue weighted by atomic mass is 16.5. The number of carbonyl (C=O) groups excluding carboxylic acids is 1. The lowest BCUT2D eigenvalue weighted by molar-refractivity contribution is -0.0282. The van der Waals surface area contributed by atoms with Gasteiger partial charge in [-0.1, -0.05) is 0 Å². The molecule has 0 spiro atoms. The first-order valence-electron chi connectivity index (χ1n) is 10.1. The zero-order valence-electron chi connectivity index (χ0n) is 17.9. The Morgan fingerprint density at radius 2 is 1.90 bits per heavy atom. The Hall–Kier alpha value is -3.40. The van der Waals surface area contributed by atoms with E-state index in [4.69, 9.17) is 4.74 Å². The van der Waals surface area contributed by atoms with Crippen molar-refractivity contribution < 1.29 is 14.6 Å². The summed E-state index contributed by atoms with van der Waals surface area (Å²) in [6, 6.07) is 7.22. The van der Waals surface area contributed by atoms with Crippen molar-refractivity contribution in [3.63, 3.8) is 0 Å². The molecule has 1 aromatic carbocycles. The van der Waals surface area contributed by atoms with Gasteiger partial charge in [0.25, 0.3) is 5.56 Å². The van der Waals surface area contributed by atoms with E-state index in [1.807, 2.05) is 24.3 Å². The molecule has 1 aliphatic rings. The van der Waals surface area contributed by atoms with E-state index >= 15 is 0 Å². The van der Waals surface area contributed by atoms with E-state index in [0.29, 0.717) is 37.0 Å². The van der Waals surface area contributed by atoms with Gasteiger partial charge in [-0.15, -0.1) is 0 Å². The molecule has 10 nitrogen and oxygen atoms in total. The Bertz CT molecular complexity index is 1140. The van der Waals surface area contributed by atoms with Crippen LogP contribution < -0.4 is 10.3 Å². The van der Waals surface area contributed by atoms with Crippen molar-refractivity contribution in [2.24, 2.45) is 0 Å². The van der Waals surface area contributed by atoms with Gasteiger partial charge in [-0.2, -0.15) is 5.10 Å². The van der Waals surface area contributed by atoms with Crippen molar-refractivity contribution in [2.75, 3.05) is 34.3 Å². The van der Waals surface area contributed by atoms with Crippen LogP contribution in [-0.4, -0.2) is 80.2 Å². The first kappa shape index (κ1) is 20.9. The van der Waals surface area contributed by atoms with Crippen LogP contribution in [0.25, 0.3) is 16.7 Å². The molecular formula is C21H26N6O4. The average Bonchev–Trinajstić information content (AvgIpc) is 3.20. The summed E-state index contributed by atoms with van der Waals surface area (Å²) in [4.78, 5) is 32.8. The summed E-state index contributed by atoms with van der Waals surface area (Å²) in [6.07, 6.45) is 3.72. The highest BCUT2D eigenvalue weighted by Gasteiger charge is 2.35. The summed E-state index contributed by atoms with van der Waals surface area (Å²) >= 11 is 0. The lowest BCUT2D eigenvalue weighted by atomic mass is 9.91. The quantitative estimate of drug-likeness (QED) is 0.670. The van der Waals surface area contributed by atoms with Crippen molar-refractivity contribution in [2.45, 2.75) is 25.0 Å². The maximum absolute atomic E-state index is 13.0. The zero-order valence-corrected chi connectivity index (χ0v) is 17.9. The molecule has 1 N–H and O–H groups in total. The number of likely N-dealkylation sites (tertiary alicyclic amines) is 1. The van der Waals surface area contributed by atoms with E-state index in [9.17, 15) is 14.7 Å². The summed E-state index contributed by atoms with van der Waals surface area (Å²) in [5.41, 5.74) is -0.124. The van der Waals surface area contributed by atoms with E-state index < -0.39 is 5.60 Å². The molecule has 10 heteroatoms. The molecule has 0 radical (unpaired) electrons. The number of hydrogen-bond acceptors (Lipinski definition) is 6. The number of ether oxygens (including phenoxy) is 1. The van der Waals surface area contributed by atoms with Crippen LogP contribution in [0.3, 0.4) is 0 Å². The third-order valence-corrected chi connectivity index (χ3v) is 5.68. The number of fused-ring (bicyclic) bond motifs is 1. The molecule has 2 aromatic heterocycles. The van der Waals surface area contributed by atoms with E-state index in [1.165, 1.54) is 22.0 Å². The number of nitrogens with zero attached hydrogens (tertiary/aromatic N) is 6. The van der Waals surface area contributed by atoms with E-state index in [-0.39, 0.29) is 18.1 Å². The minimum absolute atomic E-state index is 0.0757. The number of urea groups is 1. The van der Waals surface area contributed by atoms with Gasteiger partial charge in [-0.25, -0.2) is 14.5 Å². The molecule has 31 heavy (non-hydrogen) atoms. The molecule has 0 unspecified atom stereocenters. The van der Waals surface area contributed by atoms with Crippen molar-refractivity contribution in [3.05, 3.63) is 47.1 Å². The molecule has 164 valence electrons. The summed E-state index contributed by atoms with van der Waals surface area (Å²) in [6.45, 7) is 0.993.